The Morgan fingerprint density at radius 3 is 2.61 bits per heavy atom. The number of ether oxygens (including phenoxy) is 1. The van der Waals surface area contributed by atoms with Gasteiger partial charge in [0.1, 0.15) is 5.75 Å². The Hall–Kier alpha value is -0.780. The van der Waals surface area contributed by atoms with Crippen molar-refractivity contribution in [2.24, 2.45) is 0 Å². The van der Waals surface area contributed by atoms with E-state index in [0.717, 1.165) is 30.6 Å². The Morgan fingerprint density at radius 1 is 1.39 bits per heavy atom. The molecule has 0 aromatic heterocycles. The van der Waals surface area contributed by atoms with Gasteiger partial charge in [-0.3, -0.25) is 0 Å². The lowest BCUT2D eigenvalue weighted by Crippen LogP contribution is -2.05. The fraction of sp³-hybridized carbons (Fsp3) is 0.500. The Balaban J connectivity index is 3.15. The van der Waals surface area contributed by atoms with Crippen molar-refractivity contribution < 1.29 is 12.6 Å². The van der Waals surface area contributed by atoms with Crippen LogP contribution < -0.4 is 3.07 Å². The summed E-state index contributed by atoms with van der Waals surface area (Å²) in [6.07, 6.45) is 3.24. The fourth-order valence-electron chi connectivity index (χ4n) is 2.11. The predicted molar refractivity (Wildman–Crippen MR) is 80.4 cm³/mol. The van der Waals surface area contributed by atoms with Crippen LogP contribution in [0.15, 0.2) is 18.2 Å². The van der Waals surface area contributed by atoms with E-state index in [1.165, 1.54) is 7.11 Å². The quantitative estimate of drug-likeness (QED) is 0.552. The topological polar surface area (TPSA) is 35.5 Å². The molecule has 4 heteroatoms. The maximum absolute atomic E-state index is 11.6. The highest BCUT2D eigenvalue weighted by Gasteiger charge is 2.17. The smallest absolute Gasteiger partial charge is 0.337 e. The van der Waals surface area contributed by atoms with E-state index in [0.29, 0.717) is 11.5 Å². The highest BCUT2D eigenvalue weighted by molar-refractivity contribution is 14.1. The molecular formula is C14H19IO3. The molecule has 0 aliphatic rings. The summed E-state index contributed by atoms with van der Waals surface area (Å²) in [6.45, 7) is 4.32. The fourth-order valence-corrected chi connectivity index (χ4v) is 2.51. The average Bonchev–Trinajstić information content (AvgIpc) is 2.43. The minimum absolute atomic E-state index is 0.303. The van der Waals surface area contributed by atoms with Gasteiger partial charge in [0.2, 0.25) is 0 Å². The molecule has 0 aliphatic carbocycles. The molecule has 3 nitrogen and oxygen atoms in total. The van der Waals surface area contributed by atoms with Crippen molar-refractivity contribution in [3.05, 3.63) is 29.3 Å². The van der Waals surface area contributed by atoms with Crippen LogP contribution in [0.1, 0.15) is 54.9 Å². The van der Waals surface area contributed by atoms with Crippen LogP contribution in [0, 0.1) is 0 Å². The second-order valence-corrected chi connectivity index (χ2v) is 4.66. The van der Waals surface area contributed by atoms with Crippen LogP contribution in [0.4, 0.5) is 0 Å². The third kappa shape index (κ3) is 3.60. The van der Waals surface area contributed by atoms with Crippen molar-refractivity contribution in [3.63, 3.8) is 0 Å². The molecule has 1 rings (SSSR count). The zero-order valence-corrected chi connectivity index (χ0v) is 13.2. The monoisotopic (exact) mass is 362 g/mol. The van der Waals surface area contributed by atoms with E-state index >= 15 is 0 Å². The first-order valence-electron chi connectivity index (χ1n) is 6.18. The standard InChI is InChI=1S/C14H19IO3/c1-4-6-10(5-2)12-9-11(14(16)17-3)7-8-13(12)18-15/h7-10H,4-6H2,1-3H3. The summed E-state index contributed by atoms with van der Waals surface area (Å²) in [5.41, 5.74) is 1.68. The summed E-state index contributed by atoms with van der Waals surface area (Å²) in [4.78, 5) is 11.6. The summed E-state index contributed by atoms with van der Waals surface area (Å²) in [6, 6.07) is 5.47. The molecule has 0 heterocycles. The van der Waals surface area contributed by atoms with Crippen LogP contribution >= 0.6 is 23.0 Å². The zero-order chi connectivity index (χ0) is 13.5. The third-order valence-corrected chi connectivity index (χ3v) is 3.56. The number of carbonyl (C=O) groups excluding carboxylic acids is 1. The van der Waals surface area contributed by atoms with E-state index in [2.05, 4.69) is 13.8 Å². The number of benzene rings is 1. The molecule has 0 saturated carbocycles. The van der Waals surface area contributed by atoms with Crippen LogP contribution in [0.5, 0.6) is 5.75 Å². The van der Waals surface area contributed by atoms with Crippen LogP contribution in [0.2, 0.25) is 0 Å². The molecule has 0 saturated heterocycles. The minimum atomic E-state index is -0.303. The molecule has 18 heavy (non-hydrogen) atoms. The van der Waals surface area contributed by atoms with Gasteiger partial charge in [-0.05, 0) is 42.5 Å². The maximum atomic E-state index is 11.6. The molecule has 1 atom stereocenters. The van der Waals surface area contributed by atoms with E-state index in [1.807, 2.05) is 35.1 Å². The zero-order valence-electron chi connectivity index (χ0n) is 11.0. The summed E-state index contributed by atoms with van der Waals surface area (Å²) in [5, 5.41) is 0. The van der Waals surface area contributed by atoms with Crippen molar-refractivity contribution >= 4 is 29.0 Å². The van der Waals surface area contributed by atoms with Crippen molar-refractivity contribution in [1.82, 2.24) is 0 Å². The largest absolute Gasteiger partial charge is 0.465 e. The van der Waals surface area contributed by atoms with Gasteiger partial charge in [0.25, 0.3) is 0 Å². The van der Waals surface area contributed by atoms with Crippen molar-refractivity contribution in [3.8, 4) is 5.75 Å². The van der Waals surface area contributed by atoms with Gasteiger partial charge in [-0.2, -0.15) is 0 Å². The Bertz CT molecular complexity index is 404. The molecule has 0 N–H and O–H groups in total. The molecule has 0 fully saturated rings. The molecule has 0 aliphatic heterocycles. The predicted octanol–water partition coefficient (Wildman–Crippen LogP) is 4.50. The van der Waals surface area contributed by atoms with Crippen LogP contribution in [-0.4, -0.2) is 13.1 Å². The number of esters is 1. The van der Waals surface area contributed by atoms with Crippen molar-refractivity contribution in [2.75, 3.05) is 7.11 Å². The minimum Gasteiger partial charge on any atom is -0.465 e. The number of hydrogen-bond donors (Lipinski definition) is 0. The van der Waals surface area contributed by atoms with Crippen LogP contribution in [0.25, 0.3) is 0 Å². The third-order valence-electron chi connectivity index (χ3n) is 3.08. The molecule has 0 radical (unpaired) electrons. The van der Waals surface area contributed by atoms with E-state index < -0.39 is 0 Å². The number of halogens is 1. The number of rotatable bonds is 6. The number of methoxy groups -OCH3 is 1. The highest BCUT2D eigenvalue weighted by atomic mass is 127. The average molecular weight is 362 g/mol. The molecule has 1 aromatic rings. The molecule has 0 amide bonds. The molecule has 100 valence electrons. The molecule has 1 aromatic carbocycles. The summed E-state index contributed by atoms with van der Waals surface area (Å²) in [5.74, 6) is 0.954. The summed E-state index contributed by atoms with van der Waals surface area (Å²) >= 11 is 1.88. The first kappa shape index (κ1) is 15.3. The van der Waals surface area contributed by atoms with Gasteiger partial charge in [0, 0.05) is 0 Å². The van der Waals surface area contributed by atoms with E-state index in [9.17, 15) is 4.79 Å². The Morgan fingerprint density at radius 2 is 2.11 bits per heavy atom. The van der Waals surface area contributed by atoms with Crippen LogP contribution in [0.3, 0.4) is 0 Å². The number of hydrogen-bond acceptors (Lipinski definition) is 3. The summed E-state index contributed by atoms with van der Waals surface area (Å²) < 4.78 is 10.1. The number of carbonyl (C=O) groups is 1. The van der Waals surface area contributed by atoms with Crippen molar-refractivity contribution in [2.45, 2.75) is 39.0 Å². The second-order valence-electron chi connectivity index (χ2n) is 4.22. The van der Waals surface area contributed by atoms with Gasteiger partial charge in [-0.1, -0.05) is 20.3 Å². The van der Waals surface area contributed by atoms with Gasteiger partial charge < -0.3 is 7.80 Å². The maximum Gasteiger partial charge on any atom is 0.337 e. The highest BCUT2D eigenvalue weighted by Crippen LogP contribution is 2.34. The van der Waals surface area contributed by atoms with Gasteiger partial charge in [-0.25, -0.2) is 4.79 Å². The SMILES string of the molecule is CCCC(CC)c1cc(C(=O)OC)ccc1OI. The van der Waals surface area contributed by atoms with Gasteiger partial charge >= 0.3 is 5.97 Å². The van der Waals surface area contributed by atoms with Crippen LogP contribution in [-0.2, 0) is 4.74 Å². The van der Waals surface area contributed by atoms with Gasteiger partial charge in [0.15, 0.2) is 23.0 Å². The Labute approximate surface area is 123 Å². The lowest BCUT2D eigenvalue weighted by molar-refractivity contribution is 0.0600. The first-order valence-corrected chi connectivity index (χ1v) is 7.06. The van der Waals surface area contributed by atoms with E-state index in [4.69, 9.17) is 7.80 Å². The van der Waals surface area contributed by atoms with Crippen molar-refractivity contribution in [1.29, 1.82) is 0 Å². The lowest BCUT2D eigenvalue weighted by Gasteiger charge is -2.17. The Kier molecular flexibility index (Phi) is 6.46. The van der Waals surface area contributed by atoms with Gasteiger partial charge in [-0.15, -0.1) is 0 Å². The molecule has 0 bridgehead atoms. The second kappa shape index (κ2) is 7.61. The van der Waals surface area contributed by atoms with E-state index in [1.54, 1.807) is 6.07 Å². The normalized spacial score (nSPS) is 12.0. The first-order chi connectivity index (χ1) is 8.67. The summed E-state index contributed by atoms with van der Waals surface area (Å²) in [7, 11) is 1.40. The molecule has 0 spiro atoms. The lowest BCUT2D eigenvalue weighted by atomic mass is 9.90. The molecular weight excluding hydrogens is 343 g/mol. The molecule has 1 unspecified atom stereocenters. The van der Waals surface area contributed by atoms with E-state index in [-0.39, 0.29) is 5.97 Å². The van der Waals surface area contributed by atoms with Gasteiger partial charge in [0.05, 0.1) is 12.7 Å².